The van der Waals surface area contributed by atoms with Gasteiger partial charge in [-0.15, -0.1) is 0 Å². The van der Waals surface area contributed by atoms with E-state index < -0.39 is 41.5 Å². The largest absolute Gasteiger partial charge is 0.396 e. The highest BCUT2D eigenvalue weighted by atomic mass is 16.3. The lowest BCUT2D eigenvalue weighted by Crippen LogP contribution is -2.47. The summed E-state index contributed by atoms with van der Waals surface area (Å²) in [5.41, 5.74) is 16.7. The number of carbonyl (C=O) groups excluding carboxylic acids is 5. The molecular formula is C34H58N6O7. The van der Waals surface area contributed by atoms with Crippen molar-refractivity contribution < 1.29 is 34.2 Å². The molecule has 11 atom stereocenters. The van der Waals surface area contributed by atoms with E-state index in [-0.39, 0.29) is 91.0 Å². The van der Waals surface area contributed by atoms with Crippen molar-refractivity contribution in [2.24, 2.45) is 87.3 Å². The molecule has 0 bridgehead atoms. The van der Waals surface area contributed by atoms with Crippen LogP contribution in [0.4, 0.5) is 0 Å². The molecule has 266 valence electrons. The van der Waals surface area contributed by atoms with Gasteiger partial charge in [0.15, 0.2) is 5.96 Å². The average molecular weight is 663 g/mol. The monoisotopic (exact) mass is 662 g/mol. The Morgan fingerprint density at radius 2 is 1.36 bits per heavy atom. The highest BCUT2D eigenvalue weighted by molar-refractivity contribution is 5.99. The lowest BCUT2D eigenvalue weighted by atomic mass is 9.71. The molecule has 3 aliphatic carbocycles. The molecule has 0 spiro atoms. The molecule has 0 aromatic carbocycles. The van der Waals surface area contributed by atoms with E-state index in [2.05, 4.69) is 15.6 Å². The predicted molar refractivity (Wildman–Crippen MR) is 177 cm³/mol. The number of imide groups is 2. The summed E-state index contributed by atoms with van der Waals surface area (Å²) in [7, 11) is 0. The molecule has 0 aromatic rings. The number of rotatable bonds is 15. The number of aliphatic imine (C=N–C) groups is 1. The Bertz CT molecular complexity index is 1160. The minimum absolute atomic E-state index is 0.000876. The van der Waals surface area contributed by atoms with Crippen molar-refractivity contribution in [3.8, 4) is 0 Å². The quantitative estimate of drug-likeness (QED) is 0.0740. The smallest absolute Gasteiger partial charge is 0.243 e. The number of hydrogen-bond donors (Lipinski definition) is 7. The number of hydrogen-bond acceptors (Lipinski definition) is 9. The molecule has 47 heavy (non-hydrogen) atoms. The average Bonchev–Trinajstić information content (AvgIpc) is 3.69. The molecule has 3 rings (SSSR count). The fourth-order valence-electron chi connectivity index (χ4n) is 9.19. The first-order valence-corrected chi connectivity index (χ1v) is 17.5. The van der Waals surface area contributed by atoms with Gasteiger partial charge in [-0.1, -0.05) is 40.5 Å². The molecule has 4 amide bonds. The number of nitrogens with one attached hydrogen (secondary N) is 2. The van der Waals surface area contributed by atoms with Gasteiger partial charge in [0, 0.05) is 49.9 Å². The SMILES string of the molecule is CCC1C(CO)CC(C(=O)NC(=O)CC(C)C)C1C1CCC(C2C(C(=O)NC(=O)C(N)CCCN=C(N)N)CC(CO)C2CC)C1=O. The number of carbonyl (C=O) groups is 5. The van der Waals surface area contributed by atoms with Crippen molar-refractivity contribution in [3.05, 3.63) is 0 Å². The summed E-state index contributed by atoms with van der Waals surface area (Å²) in [5, 5.41) is 25.5. The summed E-state index contributed by atoms with van der Waals surface area (Å²) in [6.07, 6.45) is 4.11. The zero-order chi connectivity index (χ0) is 35.0. The van der Waals surface area contributed by atoms with Gasteiger partial charge in [0.05, 0.1) is 6.04 Å². The van der Waals surface area contributed by atoms with Crippen LogP contribution in [0.2, 0.25) is 0 Å². The molecule has 11 unspecified atom stereocenters. The van der Waals surface area contributed by atoms with Crippen molar-refractivity contribution in [2.45, 2.75) is 91.5 Å². The van der Waals surface area contributed by atoms with Gasteiger partial charge in [0.25, 0.3) is 0 Å². The van der Waals surface area contributed by atoms with E-state index in [1.54, 1.807) is 0 Å². The number of nitrogens with two attached hydrogens (primary N) is 3. The first kappa shape index (κ1) is 38.5. The minimum Gasteiger partial charge on any atom is -0.396 e. The maximum Gasteiger partial charge on any atom is 0.243 e. The number of aliphatic hydroxyl groups excluding tert-OH is 2. The van der Waals surface area contributed by atoms with E-state index in [0.717, 1.165) is 0 Å². The summed E-state index contributed by atoms with van der Waals surface area (Å²) in [4.78, 5) is 70.9. The molecule has 0 heterocycles. The molecule has 0 aromatic heterocycles. The highest BCUT2D eigenvalue weighted by Gasteiger charge is 2.57. The van der Waals surface area contributed by atoms with E-state index in [0.29, 0.717) is 51.5 Å². The van der Waals surface area contributed by atoms with Crippen LogP contribution in [-0.2, 0) is 24.0 Å². The molecule has 13 nitrogen and oxygen atoms in total. The predicted octanol–water partition coefficient (Wildman–Crippen LogP) is 0.836. The zero-order valence-electron chi connectivity index (χ0n) is 28.5. The zero-order valence-corrected chi connectivity index (χ0v) is 28.5. The Labute approximate surface area is 278 Å². The van der Waals surface area contributed by atoms with Gasteiger partial charge in [-0.2, -0.15) is 0 Å². The molecule has 3 aliphatic rings. The third-order valence-corrected chi connectivity index (χ3v) is 11.2. The fraction of sp³-hybridized carbons (Fsp3) is 0.824. The Balaban J connectivity index is 1.82. The maximum atomic E-state index is 14.5. The van der Waals surface area contributed by atoms with Crippen molar-refractivity contribution in [1.29, 1.82) is 0 Å². The van der Waals surface area contributed by atoms with Crippen LogP contribution in [0.5, 0.6) is 0 Å². The molecule has 0 radical (unpaired) electrons. The molecule has 0 aliphatic heterocycles. The number of ketones is 1. The molecule has 0 saturated heterocycles. The Morgan fingerprint density at radius 1 is 0.872 bits per heavy atom. The number of Topliss-reactive ketones (excluding diaryl/α,β-unsaturated/α-hetero) is 1. The lowest BCUT2D eigenvalue weighted by molar-refractivity contribution is -0.136. The minimum atomic E-state index is -0.940. The molecule has 3 saturated carbocycles. The van der Waals surface area contributed by atoms with Crippen LogP contribution in [0.1, 0.15) is 85.5 Å². The normalized spacial score (nSPS) is 32.7. The highest BCUT2D eigenvalue weighted by Crippen LogP contribution is 2.56. The van der Waals surface area contributed by atoms with Crippen molar-refractivity contribution in [3.63, 3.8) is 0 Å². The fourth-order valence-corrected chi connectivity index (χ4v) is 9.19. The van der Waals surface area contributed by atoms with Crippen LogP contribution in [0.3, 0.4) is 0 Å². The van der Waals surface area contributed by atoms with Crippen LogP contribution in [0.15, 0.2) is 4.99 Å². The van der Waals surface area contributed by atoms with Crippen molar-refractivity contribution >= 4 is 35.4 Å². The standard InChI is InChI=1S/C34H58N6O7/c1-5-20-18(15-41)13-24(31(45)39-27(43)12-17(3)4)28(20)22-9-10-23(30(22)44)29-21(6-2)19(16-42)14-25(29)32(46)40-33(47)26(35)8-7-11-38-34(36)37/h17-26,28-29,41-42H,5-16,35H2,1-4H3,(H4,36,37,38)(H,39,43,45)(H,40,46,47). The van der Waals surface area contributed by atoms with Crippen LogP contribution in [-0.4, -0.2) is 71.4 Å². The van der Waals surface area contributed by atoms with E-state index in [1.807, 2.05) is 27.7 Å². The maximum absolute atomic E-state index is 14.5. The lowest BCUT2D eigenvalue weighted by Gasteiger charge is -2.32. The van der Waals surface area contributed by atoms with E-state index in [1.165, 1.54) is 0 Å². The van der Waals surface area contributed by atoms with Crippen molar-refractivity contribution in [2.75, 3.05) is 19.8 Å². The van der Waals surface area contributed by atoms with Crippen LogP contribution in [0.25, 0.3) is 0 Å². The van der Waals surface area contributed by atoms with E-state index in [4.69, 9.17) is 17.2 Å². The van der Waals surface area contributed by atoms with Gasteiger partial charge in [0.2, 0.25) is 23.6 Å². The van der Waals surface area contributed by atoms with E-state index >= 15 is 0 Å². The molecule has 3 fully saturated rings. The second-order valence-electron chi connectivity index (χ2n) is 14.5. The summed E-state index contributed by atoms with van der Waals surface area (Å²) >= 11 is 0. The Kier molecular flexibility index (Phi) is 14.3. The number of aliphatic hydroxyl groups is 2. The Morgan fingerprint density at radius 3 is 1.79 bits per heavy atom. The number of nitrogens with zero attached hydrogens (tertiary/aromatic N) is 1. The van der Waals surface area contributed by atoms with Crippen LogP contribution >= 0.6 is 0 Å². The third kappa shape index (κ3) is 9.17. The van der Waals surface area contributed by atoms with Gasteiger partial charge in [-0.25, -0.2) is 0 Å². The number of guanidine groups is 1. The molecule has 13 heteroatoms. The molecular weight excluding hydrogens is 604 g/mol. The first-order valence-electron chi connectivity index (χ1n) is 17.5. The summed E-state index contributed by atoms with van der Waals surface area (Å²) < 4.78 is 0. The topological polar surface area (TPSA) is 240 Å². The van der Waals surface area contributed by atoms with Crippen LogP contribution < -0.4 is 27.8 Å². The summed E-state index contributed by atoms with van der Waals surface area (Å²) in [6, 6.07) is -0.940. The van der Waals surface area contributed by atoms with Gasteiger partial charge in [0.1, 0.15) is 5.78 Å². The summed E-state index contributed by atoms with van der Waals surface area (Å²) in [5.74, 6) is -5.20. The molecule has 10 N–H and O–H groups in total. The van der Waals surface area contributed by atoms with Gasteiger partial charge >= 0.3 is 0 Å². The Hall–Kier alpha value is -2.90. The number of amides is 4. The second kappa shape index (κ2) is 17.5. The van der Waals surface area contributed by atoms with E-state index in [9.17, 15) is 34.2 Å². The van der Waals surface area contributed by atoms with Gasteiger partial charge in [-0.05, 0) is 80.0 Å². The second-order valence-corrected chi connectivity index (χ2v) is 14.5. The van der Waals surface area contributed by atoms with Gasteiger partial charge in [-0.3, -0.25) is 39.6 Å². The van der Waals surface area contributed by atoms with Crippen molar-refractivity contribution in [1.82, 2.24) is 10.6 Å². The third-order valence-electron chi connectivity index (χ3n) is 11.2. The first-order chi connectivity index (χ1) is 22.3. The summed E-state index contributed by atoms with van der Waals surface area (Å²) in [6.45, 7) is 7.86. The van der Waals surface area contributed by atoms with Crippen LogP contribution in [0, 0.1) is 65.1 Å². The van der Waals surface area contributed by atoms with Gasteiger partial charge < -0.3 is 27.4 Å².